The number of rotatable bonds is 4. The van der Waals surface area contributed by atoms with Crippen LogP contribution in [0.4, 0.5) is 0 Å². The Morgan fingerprint density at radius 2 is 1.93 bits per heavy atom. The van der Waals surface area contributed by atoms with Crippen molar-refractivity contribution in [3.63, 3.8) is 0 Å². The molecule has 0 amide bonds. The highest BCUT2D eigenvalue weighted by molar-refractivity contribution is 6.02. The standard InChI is InChI=1S/C25H33N3O2/c1-5-28-13-11-25(12-14-28)26-21(19-10-9-17(2)18(3)15-19)16-22(27-25)20-7-6-8-23(30-4)24(20)29/h6-10,15,22,27,29H,5,11-14,16H2,1-4H3/t22-/m0/s1. The van der Waals surface area contributed by atoms with Crippen molar-refractivity contribution in [1.82, 2.24) is 10.2 Å². The van der Waals surface area contributed by atoms with E-state index in [0.29, 0.717) is 5.75 Å². The molecule has 2 aliphatic rings. The summed E-state index contributed by atoms with van der Waals surface area (Å²) in [5, 5.41) is 14.7. The number of aryl methyl sites for hydroxylation is 2. The van der Waals surface area contributed by atoms with Crippen LogP contribution in [0, 0.1) is 13.8 Å². The number of hydrogen-bond acceptors (Lipinski definition) is 5. The lowest BCUT2D eigenvalue weighted by molar-refractivity contribution is 0.129. The van der Waals surface area contributed by atoms with Crippen molar-refractivity contribution < 1.29 is 9.84 Å². The van der Waals surface area contributed by atoms with Gasteiger partial charge >= 0.3 is 0 Å². The minimum atomic E-state index is -0.293. The molecule has 2 heterocycles. The maximum absolute atomic E-state index is 10.8. The van der Waals surface area contributed by atoms with E-state index in [1.54, 1.807) is 13.2 Å². The van der Waals surface area contributed by atoms with Crippen molar-refractivity contribution in [2.75, 3.05) is 26.7 Å². The quantitative estimate of drug-likeness (QED) is 0.791. The molecule has 0 saturated carbocycles. The number of nitrogens with one attached hydrogen (secondary N) is 1. The van der Waals surface area contributed by atoms with Crippen molar-refractivity contribution in [1.29, 1.82) is 0 Å². The first-order chi connectivity index (χ1) is 14.4. The van der Waals surface area contributed by atoms with Crippen LogP contribution in [0.15, 0.2) is 41.4 Å². The van der Waals surface area contributed by atoms with Crippen LogP contribution in [0.2, 0.25) is 0 Å². The number of methoxy groups -OCH3 is 1. The third-order valence-electron chi connectivity index (χ3n) is 6.79. The maximum Gasteiger partial charge on any atom is 0.162 e. The Morgan fingerprint density at radius 3 is 2.60 bits per heavy atom. The van der Waals surface area contributed by atoms with Crippen LogP contribution in [-0.4, -0.2) is 48.1 Å². The van der Waals surface area contributed by atoms with E-state index in [4.69, 9.17) is 9.73 Å². The number of phenolic OH excluding ortho intramolecular Hbond substituents is 1. The number of likely N-dealkylation sites (tertiary alicyclic amines) is 1. The van der Waals surface area contributed by atoms with Gasteiger partial charge in [-0.2, -0.15) is 0 Å². The summed E-state index contributed by atoms with van der Waals surface area (Å²) in [4.78, 5) is 7.77. The van der Waals surface area contributed by atoms with E-state index in [-0.39, 0.29) is 17.5 Å². The number of nitrogens with zero attached hydrogens (tertiary/aromatic N) is 2. The van der Waals surface area contributed by atoms with Crippen molar-refractivity contribution in [2.45, 2.75) is 51.7 Å². The van der Waals surface area contributed by atoms with Gasteiger partial charge in [-0.3, -0.25) is 10.3 Å². The molecule has 30 heavy (non-hydrogen) atoms. The minimum absolute atomic E-state index is 0.0117. The van der Waals surface area contributed by atoms with Gasteiger partial charge in [-0.25, -0.2) is 0 Å². The summed E-state index contributed by atoms with van der Waals surface area (Å²) in [5.74, 6) is 0.736. The zero-order valence-corrected chi connectivity index (χ0v) is 18.5. The third kappa shape index (κ3) is 3.96. The summed E-state index contributed by atoms with van der Waals surface area (Å²) in [6.07, 6.45) is 2.68. The van der Waals surface area contributed by atoms with Crippen molar-refractivity contribution >= 4 is 5.71 Å². The van der Waals surface area contributed by atoms with Gasteiger partial charge in [0.05, 0.1) is 7.11 Å². The van der Waals surface area contributed by atoms with Gasteiger partial charge in [0, 0.05) is 36.8 Å². The molecular formula is C25H33N3O2. The van der Waals surface area contributed by atoms with E-state index >= 15 is 0 Å². The summed E-state index contributed by atoms with van der Waals surface area (Å²) in [5.41, 5.74) is 5.46. The molecule has 160 valence electrons. The molecule has 0 radical (unpaired) electrons. The highest BCUT2D eigenvalue weighted by Crippen LogP contribution is 2.40. The molecule has 5 nitrogen and oxygen atoms in total. The van der Waals surface area contributed by atoms with E-state index in [9.17, 15) is 5.11 Å². The normalized spacial score (nSPS) is 21.5. The van der Waals surface area contributed by atoms with E-state index in [1.807, 2.05) is 12.1 Å². The molecule has 1 saturated heterocycles. The van der Waals surface area contributed by atoms with E-state index in [1.165, 1.54) is 16.7 Å². The number of phenols is 1. The fourth-order valence-electron chi connectivity index (χ4n) is 4.68. The molecule has 2 aromatic carbocycles. The lowest BCUT2D eigenvalue weighted by Crippen LogP contribution is -2.56. The zero-order chi connectivity index (χ0) is 21.3. The van der Waals surface area contributed by atoms with E-state index in [0.717, 1.165) is 50.2 Å². The second-order valence-corrected chi connectivity index (χ2v) is 8.62. The Labute approximate surface area is 179 Å². The summed E-state index contributed by atoms with van der Waals surface area (Å²) in [7, 11) is 1.59. The highest BCUT2D eigenvalue weighted by Gasteiger charge is 2.40. The molecular weight excluding hydrogens is 374 g/mol. The number of benzene rings is 2. The van der Waals surface area contributed by atoms with Gasteiger partial charge in [0.2, 0.25) is 0 Å². The number of para-hydroxylation sites is 1. The van der Waals surface area contributed by atoms with Crippen LogP contribution in [0.5, 0.6) is 11.5 Å². The number of aliphatic imine (C=N–C) groups is 1. The van der Waals surface area contributed by atoms with Crippen molar-refractivity contribution in [3.8, 4) is 11.5 Å². The van der Waals surface area contributed by atoms with Gasteiger partial charge in [0.25, 0.3) is 0 Å². The average Bonchev–Trinajstić information content (AvgIpc) is 2.76. The maximum atomic E-state index is 10.8. The smallest absolute Gasteiger partial charge is 0.162 e. The van der Waals surface area contributed by atoms with Crippen LogP contribution in [0.1, 0.15) is 54.5 Å². The van der Waals surface area contributed by atoms with Gasteiger partial charge < -0.3 is 14.7 Å². The van der Waals surface area contributed by atoms with Crippen LogP contribution < -0.4 is 10.1 Å². The van der Waals surface area contributed by atoms with Gasteiger partial charge in [-0.15, -0.1) is 0 Å². The molecule has 1 spiro atoms. The SMILES string of the molecule is CCN1CCC2(CC1)N=C(c1ccc(C)c(C)c1)C[C@@H](c1cccc(OC)c1O)N2. The van der Waals surface area contributed by atoms with Crippen LogP contribution in [-0.2, 0) is 0 Å². The van der Waals surface area contributed by atoms with Gasteiger partial charge in [0.15, 0.2) is 11.5 Å². The Kier molecular flexibility index (Phi) is 5.85. The summed E-state index contributed by atoms with van der Waals surface area (Å²) in [6.45, 7) is 9.65. The highest BCUT2D eigenvalue weighted by atomic mass is 16.5. The number of ether oxygens (including phenoxy) is 1. The molecule has 0 aliphatic carbocycles. The van der Waals surface area contributed by atoms with Crippen LogP contribution >= 0.6 is 0 Å². The first-order valence-electron chi connectivity index (χ1n) is 11.0. The predicted octanol–water partition coefficient (Wildman–Crippen LogP) is 4.35. The lowest BCUT2D eigenvalue weighted by atomic mass is 9.87. The Bertz CT molecular complexity index is 945. The average molecular weight is 408 g/mol. The topological polar surface area (TPSA) is 57.1 Å². The molecule has 2 N–H and O–H groups in total. The molecule has 4 rings (SSSR count). The number of aromatic hydroxyl groups is 1. The molecule has 2 aromatic rings. The van der Waals surface area contributed by atoms with Crippen LogP contribution in [0.3, 0.4) is 0 Å². The fraction of sp³-hybridized carbons (Fsp3) is 0.480. The predicted molar refractivity (Wildman–Crippen MR) is 122 cm³/mol. The molecule has 5 heteroatoms. The van der Waals surface area contributed by atoms with Crippen molar-refractivity contribution in [2.24, 2.45) is 4.99 Å². The largest absolute Gasteiger partial charge is 0.504 e. The van der Waals surface area contributed by atoms with Gasteiger partial charge in [-0.1, -0.05) is 31.2 Å². The van der Waals surface area contributed by atoms with E-state index < -0.39 is 0 Å². The molecule has 0 aromatic heterocycles. The number of piperidine rings is 1. The van der Waals surface area contributed by atoms with Gasteiger partial charge in [0.1, 0.15) is 5.66 Å². The second kappa shape index (κ2) is 8.40. The van der Waals surface area contributed by atoms with E-state index in [2.05, 4.69) is 49.2 Å². The second-order valence-electron chi connectivity index (χ2n) is 8.62. The summed E-state index contributed by atoms with van der Waals surface area (Å²) in [6, 6.07) is 12.3. The summed E-state index contributed by atoms with van der Waals surface area (Å²) < 4.78 is 5.37. The first kappa shape index (κ1) is 20.9. The Hall–Kier alpha value is -2.37. The minimum Gasteiger partial charge on any atom is -0.504 e. The first-order valence-corrected chi connectivity index (χ1v) is 11.0. The monoisotopic (exact) mass is 407 g/mol. The number of hydrogen-bond donors (Lipinski definition) is 2. The third-order valence-corrected chi connectivity index (χ3v) is 6.79. The summed E-state index contributed by atoms with van der Waals surface area (Å²) >= 11 is 0. The molecule has 1 fully saturated rings. The fourth-order valence-corrected chi connectivity index (χ4v) is 4.68. The van der Waals surface area contributed by atoms with Crippen LogP contribution in [0.25, 0.3) is 0 Å². The Morgan fingerprint density at radius 1 is 1.17 bits per heavy atom. The molecule has 2 aliphatic heterocycles. The molecule has 1 atom stereocenters. The zero-order valence-electron chi connectivity index (χ0n) is 18.5. The molecule has 0 unspecified atom stereocenters. The van der Waals surface area contributed by atoms with Crippen molar-refractivity contribution in [3.05, 3.63) is 58.7 Å². The van der Waals surface area contributed by atoms with Gasteiger partial charge in [-0.05, 0) is 62.1 Å². The molecule has 0 bridgehead atoms. The Balaban J connectivity index is 1.74. The lowest BCUT2D eigenvalue weighted by Gasteiger charge is -2.45.